The second-order valence-electron chi connectivity index (χ2n) is 7.67. The zero-order valence-corrected chi connectivity index (χ0v) is 15.4. The van der Waals surface area contributed by atoms with Crippen LogP contribution in [0.3, 0.4) is 0 Å². The first kappa shape index (κ1) is 17.4. The molecule has 0 aromatic heterocycles. The third kappa shape index (κ3) is 2.36. The van der Waals surface area contributed by atoms with Crippen LogP contribution in [-0.2, 0) is 19.1 Å². The quantitative estimate of drug-likeness (QED) is 0.772. The number of hydrogen-bond acceptors (Lipinski definition) is 5. The highest BCUT2D eigenvalue weighted by Crippen LogP contribution is 2.66. The number of para-hydroxylation sites is 1. The number of rotatable bonds is 4. The van der Waals surface area contributed by atoms with Gasteiger partial charge in [0, 0.05) is 11.3 Å². The molecule has 0 bridgehead atoms. The van der Waals surface area contributed by atoms with Gasteiger partial charge in [-0.2, -0.15) is 0 Å². The SMILES string of the molecule is CCOC(=O)[C@@H]1[C@H](c2ccccc2OC)[C@H]2C(=O)O[C@H]2C12CCCCC2. The first-order valence-corrected chi connectivity index (χ1v) is 9.64. The number of carbonyl (C=O) groups excluding carboxylic acids is 2. The van der Waals surface area contributed by atoms with Gasteiger partial charge in [-0.15, -0.1) is 0 Å². The fourth-order valence-electron chi connectivity index (χ4n) is 5.61. The average Bonchev–Trinajstić information content (AvgIpc) is 2.87. The van der Waals surface area contributed by atoms with Crippen molar-refractivity contribution in [3.05, 3.63) is 29.8 Å². The van der Waals surface area contributed by atoms with Crippen molar-refractivity contribution in [3.63, 3.8) is 0 Å². The van der Waals surface area contributed by atoms with Gasteiger partial charge in [0.05, 0.1) is 19.6 Å². The summed E-state index contributed by atoms with van der Waals surface area (Å²) in [5.41, 5.74) is 0.622. The van der Waals surface area contributed by atoms with Crippen LogP contribution in [0.2, 0.25) is 0 Å². The van der Waals surface area contributed by atoms with Crippen LogP contribution in [0.15, 0.2) is 24.3 Å². The molecule has 1 aromatic rings. The number of ether oxygens (including phenoxy) is 3. The summed E-state index contributed by atoms with van der Waals surface area (Å²) in [4.78, 5) is 25.5. The number of methoxy groups -OCH3 is 1. The van der Waals surface area contributed by atoms with E-state index in [2.05, 4.69) is 0 Å². The van der Waals surface area contributed by atoms with E-state index in [0.29, 0.717) is 6.61 Å². The molecule has 5 nitrogen and oxygen atoms in total. The molecule has 1 heterocycles. The fourth-order valence-corrected chi connectivity index (χ4v) is 5.61. The van der Waals surface area contributed by atoms with Crippen LogP contribution < -0.4 is 4.74 Å². The minimum absolute atomic E-state index is 0.181. The maximum atomic E-state index is 13.1. The molecule has 0 radical (unpaired) electrons. The molecule has 1 aliphatic heterocycles. The largest absolute Gasteiger partial charge is 0.496 e. The van der Waals surface area contributed by atoms with Gasteiger partial charge >= 0.3 is 11.9 Å². The summed E-state index contributed by atoms with van der Waals surface area (Å²) in [7, 11) is 1.63. The van der Waals surface area contributed by atoms with Crippen LogP contribution in [0, 0.1) is 17.3 Å². The van der Waals surface area contributed by atoms with Gasteiger partial charge in [0.1, 0.15) is 17.8 Å². The first-order valence-electron chi connectivity index (χ1n) is 9.64. The molecular formula is C21H26O5. The van der Waals surface area contributed by atoms with E-state index in [-0.39, 0.29) is 41.2 Å². The molecule has 4 rings (SSSR count). The van der Waals surface area contributed by atoms with E-state index in [1.54, 1.807) is 7.11 Å². The highest BCUT2D eigenvalue weighted by atomic mass is 16.6. The number of esters is 2. The second kappa shape index (κ2) is 6.60. The van der Waals surface area contributed by atoms with Crippen molar-refractivity contribution in [1.29, 1.82) is 0 Å². The standard InChI is InChI=1S/C21H26O5/c1-3-25-20(23)17-15(13-9-5-6-10-14(13)24-2)16-18(26-19(16)22)21(17)11-7-4-8-12-21/h5-6,9-10,15-18H,3-4,7-8,11-12H2,1-2H3/t15-,16-,17+,18-/m1/s1. The summed E-state index contributed by atoms with van der Waals surface area (Å²) < 4.78 is 16.7. The normalized spacial score (nSPS) is 31.7. The molecule has 2 aliphatic carbocycles. The lowest BCUT2D eigenvalue weighted by Crippen LogP contribution is -2.52. The van der Waals surface area contributed by atoms with Gasteiger partial charge in [0.25, 0.3) is 0 Å². The minimum Gasteiger partial charge on any atom is -0.496 e. The Labute approximate surface area is 154 Å². The molecule has 26 heavy (non-hydrogen) atoms. The van der Waals surface area contributed by atoms with Crippen molar-refractivity contribution in [3.8, 4) is 5.75 Å². The molecule has 1 spiro atoms. The summed E-state index contributed by atoms with van der Waals surface area (Å²) in [6.07, 6.45) is 4.94. The molecule has 1 saturated heterocycles. The Hall–Kier alpha value is -2.04. The van der Waals surface area contributed by atoms with Crippen LogP contribution in [0.5, 0.6) is 5.75 Å². The van der Waals surface area contributed by atoms with E-state index in [4.69, 9.17) is 14.2 Å². The molecule has 0 unspecified atom stereocenters. The van der Waals surface area contributed by atoms with Crippen molar-refractivity contribution in [2.45, 2.75) is 51.0 Å². The van der Waals surface area contributed by atoms with Crippen LogP contribution in [0.1, 0.15) is 50.5 Å². The van der Waals surface area contributed by atoms with E-state index in [0.717, 1.165) is 37.0 Å². The number of hydrogen-bond donors (Lipinski definition) is 0. The van der Waals surface area contributed by atoms with E-state index in [1.807, 2.05) is 31.2 Å². The van der Waals surface area contributed by atoms with Gasteiger partial charge in [-0.05, 0) is 31.4 Å². The number of carbonyl (C=O) groups is 2. The van der Waals surface area contributed by atoms with E-state index >= 15 is 0 Å². The second-order valence-corrected chi connectivity index (χ2v) is 7.67. The van der Waals surface area contributed by atoms with Gasteiger partial charge in [-0.25, -0.2) is 0 Å². The predicted molar refractivity (Wildman–Crippen MR) is 94.7 cm³/mol. The maximum absolute atomic E-state index is 13.1. The summed E-state index contributed by atoms with van der Waals surface area (Å²) in [6.45, 7) is 2.17. The molecule has 0 N–H and O–H groups in total. The molecule has 4 atom stereocenters. The van der Waals surface area contributed by atoms with Crippen molar-refractivity contribution in [2.75, 3.05) is 13.7 Å². The molecule has 3 aliphatic rings. The zero-order chi connectivity index (χ0) is 18.3. The molecule has 3 fully saturated rings. The fraction of sp³-hybridized carbons (Fsp3) is 0.619. The Kier molecular flexibility index (Phi) is 4.41. The highest BCUT2D eigenvalue weighted by Gasteiger charge is 2.71. The van der Waals surface area contributed by atoms with Crippen molar-refractivity contribution in [2.24, 2.45) is 17.3 Å². The van der Waals surface area contributed by atoms with Gasteiger partial charge in [0.2, 0.25) is 0 Å². The predicted octanol–water partition coefficient (Wildman–Crippen LogP) is 3.46. The third-order valence-electron chi connectivity index (χ3n) is 6.60. The Morgan fingerprint density at radius 3 is 2.58 bits per heavy atom. The molecule has 5 heteroatoms. The number of fused-ring (bicyclic) bond motifs is 2. The Morgan fingerprint density at radius 1 is 1.19 bits per heavy atom. The lowest BCUT2D eigenvalue weighted by atomic mass is 9.64. The topological polar surface area (TPSA) is 61.8 Å². The molecule has 0 amide bonds. The highest BCUT2D eigenvalue weighted by molar-refractivity contribution is 5.86. The van der Waals surface area contributed by atoms with Crippen LogP contribution >= 0.6 is 0 Å². The lowest BCUT2D eigenvalue weighted by molar-refractivity contribution is -0.197. The van der Waals surface area contributed by atoms with E-state index < -0.39 is 0 Å². The van der Waals surface area contributed by atoms with Crippen LogP contribution in [0.4, 0.5) is 0 Å². The van der Waals surface area contributed by atoms with Gasteiger partial charge in [-0.3, -0.25) is 9.59 Å². The number of benzene rings is 1. The summed E-state index contributed by atoms with van der Waals surface area (Å²) in [6, 6.07) is 7.71. The van der Waals surface area contributed by atoms with Crippen molar-refractivity contribution in [1.82, 2.24) is 0 Å². The molecule has 140 valence electrons. The third-order valence-corrected chi connectivity index (χ3v) is 6.60. The Balaban J connectivity index is 1.84. The van der Waals surface area contributed by atoms with Gasteiger partial charge < -0.3 is 14.2 Å². The summed E-state index contributed by atoms with van der Waals surface area (Å²) in [5.74, 6) is -0.550. The van der Waals surface area contributed by atoms with Crippen molar-refractivity contribution >= 4 is 11.9 Å². The van der Waals surface area contributed by atoms with E-state index in [9.17, 15) is 9.59 Å². The first-order chi connectivity index (χ1) is 12.6. The maximum Gasteiger partial charge on any atom is 0.313 e. The molecule has 1 aromatic carbocycles. The van der Waals surface area contributed by atoms with Crippen LogP contribution in [0.25, 0.3) is 0 Å². The summed E-state index contributed by atoms with van der Waals surface area (Å²) >= 11 is 0. The van der Waals surface area contributed by atoms with Gasteiger partial charge in [-0.1, -0.05) is 37.5 Å². The van der Waals surface area contributed by atoms with Gasteiger partial charge in [0.15, 0.2) is 0 Å². The Morgan fingerprint density at radius 2 is 1.92 bits per heavy atom. The van der Waals surface area contributed by atoms with Crippen molar-refractivity contribution < 1.29 is 23.8 Å². The molecular weight excluding hydrogens is 332 g/mol. The molecule has 2 saturated carbocycles. The minimum atomic E-state index is -0.361. The smallest absolute Gasteiger partial charge is 0.313 e. The monoisotopic (exact) mass is 358 g/mol. The van der Waals surface area contributed by atoms with Crippen LogP contribution in [-0.4, -0.2) is 31.8 Å². The summed E-state index contributed by atoms with van der Waals surface area (Å²) in [5, 5.41) is 0. The average molecular weight is 358 g/mol. The lowest BCUT2D eigenvalue weighted by Gasteiger charge is -2.45. The Bertz CT molecular complexity index is 706. The van der Waals surface area contributed by atoms with E-state index in [1.165, 1.54) is 6.42 Å². The zero-order valence-electron chi connectivity index (χ0n) is 15.4.